The van der Waals surface area contributed by atoms with Crippen LogP contribution in [0, 0.1) is 11.7 Å². The van der Waals surface area contributed by atoms with E-state index in [2.05, 4.69) is 47.2 Å². The Morgan fingerprint density at radius 1 is 1.21 bits per heavy atom. The van der Waals surface area contributed by atoms with Crippen molar-refractivity contribution in [3.05, 3.63) is 64.4 Å². The average molecular weight is 466 g/mol. The van der Waals surface area contributed by atoms with Crippen molar-refractivity contribution in [1.29, 1.82) is 0 Å². The van der Waals surface area contributed by atoms with Crippen molar-refractivity contribution in [2.24, 2.45) is 5.92 Å². The zero-order chi connectivity index (χ0) is 20.1. The van der Waals surface area contributed by atoms with E-state index in [4.69, 9.17) is 4.74 Å². The maximum Gasteiger partial charge on any atom is 0.407 e. The summed E-state index contributed by atoms with van der Waals surface area (Å²) in [4.78, 5) is 13.0. The summed E-state index contributed by atoms with van der Waals surface area (Å²) in [5.74, 6) is 0.291. The first-order valence-electron chi connectivity index (χ1n) is 9.53. The maximum atomic E-state index is 13.2. The number of halogens is 2. The summed E-state index contributed by atoms with van der Waals surface area (Å²) in [6, 6.07) is 14.7. The zero-order valence-corrected chi connectivity index (χ0v) is 18.4. The van der Waals surface area contributed by atoms with Gasteiger partial charge in [-0.05, 0) is 67.1 Å². The summed E-state index contributed by atoms with van der Waals surface area (Å²) in [5.41, 5.74) is 1.15. The van der Waals surface area contributed by atoms with E-state index in [1.54, 1.807) is 11.8 Å². The Morgan fingerprint density at radius 2 is 1.96 bits per heavy atom. The second kappa shape index (κ2) is 9.79. The van der Waals surface area contributed by atoms with Gasteiger partial charge in [0.25, 0.3) is 0 Å². The number of alkyl carbamates (subject to hydrolysis) is 1. The Morgan fingerprint density at radius 3 is 2.64 bits per heavy atom. The largest absolute Gasteiger partial charge is 0.444 e. The lowest BCUT2D eigenvalue weighted by atomic mass is 9.96. The van der Waals surface area contributed by atoms with Crippen molar-refractivity contribution in [1.82, 2.24) is 5.32 Å². The third-order valence-electron chi connectivity index (χ3n) is 4.70. The molecule has 3 nitrogen and oxygen atoms in total. The fraction of sp³-hybridized carbons (Fsp3) is 0.409. The van der Waals surface area contributed by atoms with Crippen LogP contribution in [0.3, 0.4) is 0 Å². The molecule has 3 atom stereocenters. The van der Waals surface area contributed by atoms with Crippen LogP contribution in [0.25, 0.3) is 0 Å². The minimum Gasteiger partial charge on any atom is -0.444 e. The number of cyclic esters (lactones) is 1. The van der Waals surface area contributed by atoms with Crippen LogP contribution in [0.4, 0.5) is 9.18 Å². The zero-order valence-electron chi connectivity index (χ0n) is 16.0. The highest BCUT2D eigenvalue weighted by atomic mass is 79.9. The number of hydrogen-bond acceptors (Lipinski definition) is 3. The van der Waals surface area contributed by atoms with Crippen molar-refractivity contribution >= 4 is 33.8 Å². The highest BCUT2D eigenvalue weighted by Crippen LogP contribution is 2.33. The SMILES string of the molecule is CC(C)C[C@@H](C[C@H]1OC(=O)N[C@H]1Cc1cccc(Br)c1)Sc1ccc(F)cc1. The molecule has 1 aliphatic heterocycles. The Bertz CT molecular complexity index is 799. The Labute approximate surface area is 178 Å². The Kier molecular flexibility index (Phi) is 7.41. The molecule has 150 valence electrons. The standard InChI is InChI=1S/C22H25BrFNO2S/c1-14(2)10-19(28-18-8-6-17(24)7-9-18)13-21-20(25-22(26)27-21)12-15-4-3-5-16(23)11-15/h3-9,11,14,19-21H,10,12-13H2,1-2H3,(H,25,26)/t19-,20-,21+/m0/s1. The molecule has 1 N–H and O–H groups in total. The van der Waals surface area contributed by atoms with Crippen LogP contribution in [-0.4, -0.2) is 23.5 Å². The molecule has 1 aliphatic rings. The maximum absolute atomic E-state index is 13.2. The average Bonchev–Trinajstić information content (AvgIpc) is 2.95. The summed E-state index contributed by atoms with van der Waals surface area (Å²) in [6.45, 7) is 4.38. The molecule has 1 fully saturated rings. The van der Waals surface area contributed by atoms with Gasteiger partial charge in [-0.25, -0.2) is 9.18 Å². The lowest BCUT2D eigenvalue weighted by molar-refractivity contribution is 0.124. The highest BCUT2D eigenvalue weighted by molar-refractivity contribution is 9.10. The number of carbonyl (C=O) groups is 1. The molecule has 3 rings (SSSR count). The molecule has 2 aromatic rings. The second-order valence-electron chi connectivity index (χ2n) is 7.59. The minimum atomic E-state index is -0.347. The van der Waals surface area contributed by atoms with Gasteiger partial charge in [-0.15, -0.1) is 11.8 Å². The third-order valence-corrected chi connectivity index (χ3v) is 6.46. The Hall–Kier alpha value is -1.53. The molecule has 0 spiro atoms. The monoisotopic (exact) mass is 465 g/mol. The number of rotatable bonds is 8. The van der Waals surface area contributed by atoms with E-state index in [1.807, 2.05) is 24.3 Å². The van der Waals surface area contributed by atoms with Crippen molar-refractivity contribution in [2.75, 3.05) is 0 Å². The molecule has 0 radical (unpaired) electrons. The fourth-order valence-corrected chi connectivity index (χ4v) is 5.39. The van der Waals surface area contributed by atoms with Crippen LogP contribution in [0.5, 0.6) is 0 Å². The third kappa shape index (κ3) is 6.24. The number of hydrogen-bond donors (Lipinski definition) is 1. The molecule has 6 heteroatoms. The first-order chi connectivity index (χ1) is 13.4. The molecular formula is C22H25BrFNO2S. The van der Waals surface area contributed by atoms with Gasteiger partial charge in [0.1, 0.15) is 11.9 Å². The van der Waals surface area contributed by atoms with E-state index in [1.165, 1.54) is 12.1 Å². The van der Waals surface area contributed by atoms with Gasteiger partial charge < -0.3 is 10.1 Å². The summed E-state index contributed by atoms with van der Waals surface area (Å²) >= 11 is 5.23. The van der Waals surface area contributed by atoms with Crippen LogP contribution in [0.15, 0.2) is 57.9 Å². The van der Waals surface area contributed by atoms with E-state index in [0.717, 1.165) is 34.2 Å². The molecule has 1 saturated heterocycles. The van der Waals surface area contributed by atoms with Gasteiger partial charge >= 0.3 is 6.09 Å². The predicted octanol–water partition coefficient (Wildman–Crippen LogP) is 6.20. The normalized spacial score (nSPS) is 20.1. The van der Waals surface area contributed by atoms with Crippen molar-refractivity contribution in [3.8, 4) is 0 Å². The molecule has 0 aliphatic carbocycles. The lowest BCUT2D eigenvalue weighted by Crippen LogP contribution is -2.35. The van der Waals surface area contributed by atoms with E-state index >= 15 is 0 Å². The Balaban J connectivity index is 1.69. The van der Waals surface area contributed by atoms with E-state index in [9.17, 15) is 9.18 Å². The molecular weight excluding hydrogens is 441 g/mol. The fourth-order valence-electron chi connectivity index (χ4n) is 3.49. The van der Waals surface area contributed by atoms with Gasteiger partial charge in [0.05, 0.1) is 6.04 Å². The van der Waals surface area contributed by atoms with Gasteiger partial charge in [-0.2, -0.15) is 0 Å². The number of carbonyl (C=O) groups excluding carboxylic acids is 1. The van der Waals surface area contributed by atoms with Gasteiger partial charge in [0.2, 0.25) is 0 Å². The first-order valence-corrected chi connectivity index (χ1v) is 11.2. The quantitative estimate of drug-likeness (QED) is 0.471. The second-order valence-corrected chi connectivity index (χ2v) is 9.88. The van der Waals surface area contributed by atoms with E-state index in [-0.39, 0.29) is 29.3 Å². The van der Waals surface area contributed by atoms with Crippen molar-refractivity contribution < 1.29 is 13.9 Å². The van der Waals surface area contributed by atoms with Gasteiger partial charge in [-0.1, -0.05) is 41.9 Å². The van der Waals surface area contributed by atoms with Crippen LogP contribution < -0.4 is 5.32 Å². The van der Waals surface area contributed by atoms with Gasteiger partial charge in [0.15, 0.2) is 0 Å². The number of ether oxygens (including phenoxy) is 1. The van der Waals surface area contributed by atoms with Gasteiger partial charge in [0, 0.05) is 14.6 Å². The number of amides is 1. The topological polar surface area (TPSA) is 38.3 Å². The summed E-state index contributed by atoms with van der Waals surface area (Å²) in [5, 5.41) is 3.25. The van der Waals surface area contributed by atoms with E-state index < -0.39 is 0 Å². The van der Waals surface area contributed by atoms with Crippen LogP contribution in [0.1, 0.15) is 32.3 Å². The predicted molar refractivity (Wildman–Crippen MR) is 115 cm³/mol. The summed E-state index contributed by atoms with van der Waals surface area (Å²) in [6.07, 6.45) is 1.96. The number of benzene rings is 2. The van der Waals surface area contributed by atoms with Crippen LogP contribution in [0.2, 0.25) is 0 Å². The molecule has 1 amide bonds. The highest BCUT2D eigenvalue weighted by Gasteiger charge is 2.36. The van der Waals surface area contributed by atoms with Crippen molar-refractivity contribution in [2.45, 2.75) is 55.4 Å². The molecule has 0 bridgehead atoms. The molecule has 0 saturated carbocycles. The van der Waals surface area contributed by atoms with Gasteiger partial charge in [-0.3, -0.25) is 0 Å². The number of thioether (sulfide) groups is 1. The molecule has 1 heterocycles. The van der Waals surface area contributed by atoms with Crippen LogP contribution in [-0.2, 0) is 11.2 Å². The first kappa shape index (κ1) is 21.2. The summed E-state index contributed by atoms with van der Waals surface area (Å²) < 4.78 is 19.8. The summed E-state index contributed by atoms with van der Waals surface area (Å²) in [7, 11) is 0. The van der Waals surface area contributed by atoms with Crippen molar-refractivity contribution in [3.63, 3.8) is 0 Å². The smallest absolute Gasteiger partial charge is 0.407 e. The molecule has 2 aromatic carbocycles. The van der Waals surface area contributed by atoms with E-state index in [0.29, 0.717) is 5.92 Å². The minimum absolute atomic E-state index is 0.0507. The number of nitrogens with one attached hydrogen (secondary N) is 1. The lowest BCUT2D eigenvalue weighted by Gasteiger charge is -2.24. The molecule has 0 aromatic heterocycles. The molecule has 0 unspecified atom stereocenters. The molecule has 28 heavy (non-hydrogen) atoms. The van der Waals surface area contributed by atoms with Crippen LogP contribution >= 0.6 is 27.7 Å².